The number of hydrogen-bond donors (Lipinski definition) is 0. The molecule has 1 aliphatic rings. The van der Waals surface area contributed by atoms with Gasteiger partial charge >= 0.3 is 0 Å². The van der Waals surface area contributed by atoms with Gasteiger partial charge in [0.1, 0.15) is 11.5 Å². The van der Waals surface area contributed by atoms with Crippen LogP contribution < -0.4 is 4.74 Å². The summed E-state index contributed by atoms with van der Waals surface area (Å²) in [4.78, 5) is 0. The van der Waals surface area contributed by atoms with E-state index in [9.17, 15) is 4.11 Å². The molecule has 0 saturated carbocycles. The molecule has 1 heteroatoms. The molecule has 0 unspecified atom stereocenters. The lowest BCUT2D eigenvalue weighted by Crippen LogP contribution is -1.98. The Bertz CT molecular complexity index is 3070. The standard InChI is InChI=1S/C42H24O/c1-2-10-30-28(7-1)23-29(31-19-17-27-16-15-25-8-5-9-26-18-20-36(31)41(27)40(25)26)24-37(30)32-21-22-39-42-34(32)12-6-13-35(42)33-11-3-4-14-38(33)43-39/h1-24H/i5D,8D,9D,15D,16D,17D,18D,19D,20D. The molecule has 1 nitrogen and oxygen atoms in total. The number of para-hydroxylation sites is 1. The number of benzene rings is 9. The minimum Gasteiger partial charge on any atom is -0.456 e. The highest BCUT2D eigenvalue weighted by Gasteiger charge is 2.22. The van der Waals surface area contributed by atoms with E-state index in [4.69, 9.17) is 13.0 Å². The van der Waals surface area contributed by atoms with Crippen molar-refractivity contribution >= 4 is 53.9 Å². The zero-order chi connectivity index (χ0) is 35.9. The first-order chi connectivity index (χ1) is 25.1. The molecule has 0 atom stereocenters. The molecular weight excluding hydrogens is 520 g/mol. The molecule has 0 amide bonds. The maximum Gasteiger partial charge on any atom is 0.135 e. The van der Waals surface area contributed by atoms with Gasteiger partial charge in [0, 0.05) is 10.9 Å². The van der Waals surface area contributed by atoms with Gasteiger partial charge in [-0.15, -0.1) is 0 Å². The number of fused-ring (bicyclic) bond motifs is 3. The lowest BCUT2D eigenvalue weighted by Gasteiger charge is -2.23. The summed E-state index contributed by atoms with van der Waals surface area (Å²) in [6, 6.07) is 26.5. The summed E-state index contributed by atoms with van der Waals surface area (Å²) < 4.78 is 86.9. The highest BCUT2D eigenvalue weighted by atomic mass is 16.5. The highest BCUT2D eigenvalue weighted by Crippen LogP contribution is 2.49. The van der Waals surface area contributed by atoms with Crippen molar-refractivity contribution in [1.82, 2.24) is 0 Å². The van der Waals surface area contributed by atoms with E-state index in [1.807, 2.05) is 78.9 Å². The molecule has 0 N–H and O–H groups in total. The van der Waals surface area contributed by atoms with Crippen LogP contribution in [0.1, 0.15) is 12.3 Å². The first kappa shape index (κ1) is 16.1. The van der Waals surface area contributed by atoms with Gasteiger partial charge in [-0.25, -0.2) is 0 Å². The van der Waals surface area contributed by atoms with E-state index in [0.717, 1.165) is 55.3 Å². The average Bonchev–Trinajstić information content (AvgIpc) is 3.15. The molecule has 9 aromatic rings. The van der Waals surface area contributed by atoms with Gasteiger partial charge in [-0.05, 0) is 101 Å². The Kier molecular flexibility index (Phi) is 3.16. The molecule has 0 spiro atoms. The van der Waals surface area contributed by atoms with E-state index in [0.29, 0.717) is 5.56 Å². The van der Waals surface area contributed by atoms with Crippen LogP contribution in [0.4, 0.5) is 0 Å². The monoisotopic (exact) mass is 553 g/mol. The molecule has 10 rings (SSSR count). The fourth-order valence-corrected chi connectivity index (χ4v) is 6.77. The topological polar surface area (TPSA) is 9.23 Å². The lowest BCUT2D eigenvalue weighted by molar-refractivity contribution is 0.487. The molecule has 0 bridgehead atoms. The molecular formula is C42H24O. The Balaban J connectivity index is 1.36. The van der Waals surface area contributed by atoms with Crippen LogP contribution in [0, 0.1) is 0 Å². The quantitative estimate of drug-likeness (QED) is 0.193. The van der Waals surface area contributed by atoms with Crippen molar-refractivity contribution < 1.29 is 17.1 Å². The van der Waals surface area contributed by atoms with Crippen LogP contribution in [-0.2, 0) is 0 Å². The molecule has 0 radical (unpaired) electrons. The third-order valence-corrected chi connectivity index (χ3v) is 8.65. The fourth-order valence-electron chi connectivity index (χ4n) is 6.77. The van der Waals surface area contributed by atoms with Gasteiger partial charge in [-0.2, -0.15) is 0 Å². The minimum atomic E-state index is -0.492. The molecule has 0 fully saturated rings. The largest absolute Gasteiger partial charge is 0.456 e. The third kappa shape index (κ3) is 3.17. The second-order valence-corrected chi connectivity index (χ2v) is 10.9. The maximum absolute atomic E-state index is 9.38. The van der Waals surface area contributed by atoms with Crippen molar-refractivity contribution in [3.05, 3.63) is 145 Å². The van der Waals surface area contributed by atoms with E-state index in [2.05, 4.69) is 12.1 Å². The van der Waals surface area contributed by atoms with Crippen molar-refractivity contribution in [1.29, 1.82) is 0 Å². The van der Waals surface area contributed by atoms with Crippen molar-refractivity contribution in [2.24, 2.45) is 0 Å². The van der Waals surface area contributed by atoms with E-state index in [-0.39, 0.29) is 62.1 Å². The Labute approximate surface area is 261 Å². The summed E-state index contributed by atoms with van der Waals surface area (Å²) in [5.41, 5.74) is 4.55. The van der Waals surface area contributed by atoms with Crippen LogP contribution in [0.2, 0.25) is 0 Å². The summed E-state index contributed by atoms with van der Waals surface area (Å²) in [5, 5.41) is 4.02. The number of ether oxygens (including phenoxy) is 1. The molecule has 0 aromatic heterocycles. The van der Waals surface area contributed by atoms with E-state index < -0.39 is 30.2 Å². The van der Waals surface area contributed by atoms with E-state index in [1.54, 1.807) is 0 Å². The van der Waals surface area contributed by atoms with Gasteiger partial charge < -0.3 is 4.74 Å². The zero-order valence-electron chi connectivity index (χ0n) is 31.6. The lowest BCUT2D eigenvalue weighted by atomic mass is 9.86. The van der Waals surface area contributed by atoms with Crippen LogP contribution in [-0.4, -0.2) is 0 Å². The van der Waals surface area contributed by atoms with Crippen LogP contribution in [0.25, 0.3) is 87.2 Å². The Hall–Kier alpha value is -5.66. The Morgan fingerprint density at radius 3 is 2.07 bits per heavy atom. The smallest absolute Gasteiger partial charge is 0.135 e. The molecule has 1 heterocycles. The molecule has 198 valence electrons. The minimum absolute atomic E-state index is 0.0406. The molecule has 1 aliphatic heterocycles. The van der Waals surface area contributed by atoms with Crippen molar-refractivity contribution in [2.45, 2.75) is 0 Å². The predicted molar refractivity (Wildman–Crippen MR) is 182 cm³/mol. The van der Waals surface area contributed by atoms with Crippen LogP contribution in [0.5, 0.6) is 11.5 Å². The van der Waals surface area contributed by atoms with Crippen molar-refractivity contribution in [3.8, 4) is 44.9 Å². The first-order valence-electron chi connectivity index (χ1n) is 18.6. The zero-order valence-corrected chi connectivity index (χ0v) is 22.6. The first-order valence-corrected chi connectivity index (χ1v) is 14.1. The molecule has 0 saturated heterocycles. The van der Waals surface area contributed by atoms with Crippen molar-refractivity contribution in [3.63, 3.8) is 0 Å². The Morgan fingerprint density at radius 2 is 1.14 bits per heavy atom. The predicted octanol–water partition coefficient (Wildman–Crippen LogP) is 12.0. The molecule has 9 aromatic carbocycles. The summed E-state index contributed by atoms with van der Waals surface area (Å²) in [5.74, 6) is 1.53. The van der Waals surface area contributed by atoms with Gasteiger partial charge in [-0.3, -0.25) is 0 Å². The normalized spacial score (nSPS) is 15.3. The van der Waals surface area contributed by atoms with Crippen LogP contribution in [0.3, 0.4) is 0 Å². The van der Waals surface area contributed by atoms with Gasteiger partial charge in [0.15, 0.2) is 0 Å². The molecule has 43 heavy (non-hydrogen) atoms. The van der Waals surface area contributed by atoms with E-state index >= 15 is 0 Å². The second-order valence-electron chi connectivity index (χ2n) is 10.9. The van der Waals surface area contributed by atoms with E-state index in [1.165, 1.54) is 0 Å². The summed E-state index contributed by atoms with van der Waals surface area (Å²) in [7, 11) is 0. The molecule has 0 aliphatic carbocycles. The number of hydrogen-bond acceptors (Lipinski definition) is 1. The van der Waals surface area contributed by atoms with Crippen LogP contribution in [0.15, 0.2) is 145 Å². The fraction of sp³-hybridized carbons (Fsp3) is 0. The second kappa shape index (κ2) is 8.44. The summed E-state index contributed by atoms with van der Waals surface area (Å²) in [6.45, 7) is 0. The SMILES string of the molecule is [2H]c1c([2H])c2c([2H])c([2H])c3c([2H])c([2H])c(-c4cc(-c5ccc6c7c(cccc57)-c5ccccc5O6)c5ccccc5c4)c4c([2H])c([2H])c(c1[2H])c2c34. The van der Waals surface area contributed by atoms with Gasteiger partial charge in [0.05, 0.1) is 12.3 Å². The van der Waals surface area contributed by atoms with Gasteiger partial charge in [0.2, 0.25) is 0 Å². The highest BCUT2D eigenvalue weighted by molar-refractivity contribution is 6.26. The van der Waals surface area contributed by atoms with Gasteiger partial charge in [0.25, 0.3) is 0 Å². The maximum atomic E-state index is 9.38. The summed E-state index contributed by atoms with van der Waals surface area (Å²) in [6.07, 6.45) is 0. The number of rotatable bonds is 2. The van der Waals surface area contributed by atoms with Gasteiger partial charge in [-0.1, -0.05) is 121 Å². The van der Waals surface area contributed by atoms with Crippen LogP contribution >= 0.6 is 0 Å². The third-order valence-electron chi connectivity index (χ3n) is 8.65. The van der Waals surface area contributed by atoms with Crippen molar-refractivity contribution in [2.75, 3.05) is 0 Å². The summed E-state index contributed by atoms with van der Waals surface area (Å²) >= 11 is 0. The Morgan fingerprint density at radius 1 is 0.395 bits per heavy atom. The average molecular weight is 554 g/mol.